The van der Waals surface area contributed by atoms with Gasteiger partial charge in [0, 0.05) is 29.8 Å². The van der Waals surface area contributed by atoms with Crippen molar-refractivity contribution in [1.29, 1.82) is 0 Å². The number of carbonyl (C=O) groups excluding carboxylic acids is 3. The van der Waals surface area contributed by atoms with Crippen LogP contribution in [0.5, 0.6) is 0 Å². The molecule has 2 heterocycles. The highest BCUT2D eigenvalue weighted by molar-refractivity contribution is 9.10. The molecular weight excluding hydrogens is 508 g/mol. The first-order valence-corrected chi connectivity index (χ1v) is 12.1. The van der Waals surface area contributed by atoms with Crippen LogP contribution in [0, 0.1) is 12.8 Å². The van der Waals surface area contributed by atoms with Gasteiger partial charge < -0.3 is 4.90 Å². The van der Waals surface area contributed by atoms with Crippen molar-refractivity contribution in [2.24, 2.45) is 5.92 Å². The van der Waals surface area contributed by atoms with E-state index in [9.17, 15) is 14.4 Å². The number of nitrogens with zero attached hydrogens (tertiary/aromatic N) is 3. The quantitative estimate of drug-likeness (QED) is 0.512. The first-order valence-electron chi connectivity index (χ1n) is 11.3. The van der Waals surface area contributed by atoms with E-state index in [-0.39, 0.29) is 11.8 Å². The molecule has 5 rings (SSSR count). The van der Waals surface area contributed by atoms with E-state index in [1.165, 1.54) is 9.91 Å². The van der Waals surface area contributed by atoms with Crippen LogP contribution in [-0.4, -0.2) is 42.9 Å². The SMILES string of the molecule is Cc1ccc(N2C(=O)C3C(c4ccc(N(C)C)cc4)NN(C(=O)c4cccc(Br)c4)C3C2=O)cc1. The topological polar surface area (TPSA) is 73.0 Å². The molecule has 2 saturated heterocycles. The number of hydrogen-bond donors (Lipinski definition) is 1. The second kappa shape index (κ2) is 8.94. The Bertz CT molecular complexity index is 1310. The van der Waals surface area contributed by atoms with Gasteiger partial charge in [0.05, 0.1) is 17.6 Å². The largest absolute Gasteiger partial charge is 0.378 e. The summed E-state index contributed by atoms with van der Waals surface area (Å²) in [6, 6.07) is 20.6. The molecule has 0 aliphatic carbocycles. The number of aryl methyl sites for hydroxylation is 1. The fourth-order valence-electron chi connectivity index (χ4n) is 4.74. The summed E-state index contributed by atoms with van der Waals surface area (Å²) >= 11 is 3.41. The predicted molar refractivity (Wildman–Crippen MR) is 138 cm³/mol. The Labute approximate surface area is 212 Å². The number of hydrazine groups is 1. The van der Waals surface area contributed by atoms with E-state index < -0.39 is 23.9 Å². The monoisotopic (exact) mass is 532 g/mol. The Morgan fingerprint density at radius 2 is 1.63 bits per heavy atom. The van der Waals surface area contributed by atoms with Crippen LogP contribution in [0.15, 0.2) is 77.3 Å². The Hall–Kier alpha value is -3.49. The number of hydrogen-bond acceptors (Lipinski definition) is 5. The van der Waals surface area contributed by atoms with E-state index >= 15 is 0 Å². The zero-order chi connectivity index (χ0) is 24.9. The van der Waals surface area contributed by atoms with Crippen molar-refractivity contribution in [2.45, 2.75) is 19.0 Å². The van der Waals surface area contributed by atoms with Crippen LogP contribution in [0.25, 0.3) is 0 Å². The summed E-state index contributed by atoms with van der Waals surface area (Å²) in [5.74, 6) is -1.83. The standard InChI is InChI=1S/C27H25BrN4O3/c1-16-7-11-21(12-8-16)31-26(34)22-23(17-9-13-20(14-10-17)30(2)3)29-32(24(22)27(31)35)25(33)18-5-4-6-19(28)15-18/h4-15,22-24,29H,1-3H3. The maximum absolute atomic E-state index is 13.7. The molecule has 2 fully saturated rings. The first kappa shape index (κ1) is 23.3. The molecule has 0 spiro atoms. The van der Waals surface area contributed by atoms with E-state index in [1.54, 1.807) is 30.3 Å². The van der Waals surface area contributed by atoms with Crippen LogP contribution < -0.4 is 15.2 Å². The second-order valence-electron chi connectivity index (χ2n) is 9.10. The average Bonchev–Trinajstić information content (AvgIpc) is 3.36. The molecule has 3 amide bonds. The Kier molecular flexibility index (Phi) is 5.94. The summed E-state index contributed by atoms with van der Waals surface area (Å²) in [5, 5.41) is 1.34. The summed E-state index contributed by atoms with van der Waals surface area (Å²) in [4.78, 5) is 44.1. The third-order valence-electron chi connectivity index (χ3n) is 6.59. The zero-order valence-electron chi connectivity index (χ0n) is 19.6. The highest BCUT2D eigenvalue weighted by Gasteiger charge is 2.60. The predicted octanol–water partition coefficient (Wildman–Crippen LogP) is 4.08. The van der Waals surface area contributed by atoms with Crippen molar-refractivity contribution in [1.82, 2.24) is 10.4 Å². The Morgan fingerprint density at radius 1 is 0.943 bits per heavy atom. The fourth-order valence-corrected chi connectivity index (χ4v) is 5.14. The molecule has 3 unspecified atom stereocenters. The molecule has 0 bridgehead atoms. The van der Waals surface area contributed by atoms with Crippen molar-refractivity contribution in [2.75, 3.05) is 23.9 Å². The van der Waals surface area contributed by atoms with Crippen LogP contribution in [0.4, 0.5) is 11.4 Å². The molecule has 35 heavy (non-hydrogen) atoms. The molecule has 3 atom stereocenters. The van der Waals surface area contributed by atoms with Crippen LogP contribution in [-0.2, 0) is 9.59 Å². The number of rotatable bonds is 4. The Balaban J connectivity index is 1.57. The number of benzene rings is 3. The maximum Gasteiger partial charge on any atom is 0.268 e. The lowest BCUT2D eigenvalue weighted by Crippen LogP contribution is -2.48. The van der Waals surface area contributed by atoms with E-state index in [0.29, 0.717) is 11.3 Å². The second-order valence-corrected chi connectivity index (χ2v) is 10.0. The lowest BCUT2D eigenvalue weighted by Gasteiger charge is -2.25. The number of amides is 3. The van der Waals surface area contributed by atoms with E-state index in [0.717, 1.165) is 21.3 Å². The van der Waals surface area contributed by atoms with Gasteiger partial charge in [0.25, 0.3) is 11.8 Å². The van der Waals surface area contributed by atoms with Crippen molar-refractivity contribution < 1.29 is 14.4 Å². The van der Waals surface area contributed by atoms with Crippen LogP contribution in [0.2, 0.25) is 0 Å². The van der Waals surface area contributed by atoms with Gasteiger partial charge in [-0.3, -0.25) is 19.4 Å². The molecule has 3 aromatic rings. The molecule has 7 nitrogen and oxygen atoms in total. The minimum Gasteiger partial charge on any atom is -0.378 e. The van der Waals surface area contributed by atoms with Gasteiger partial charge in [0.2, 0.25) is 5.91 Å². The minimum atomic E-state index is -0.950. The van der Waals surface area contributed by atoms with Gasteiger partial charge in [-0.15, -0.1) is 0 Å². The summed E-state index contributed by atoms with van der Waals surface area (Å²) < 4.78 is 0.755. The average molecular weight is 533 g/mol. The molecule has 178 valence electrons. The summed E-state index contributed by atoms with van der Waals surface area (Å²) in [6.07, 6.45) is 0. The van der Waals surface area contributed by atoms with Gasteiger partial charge in [-0.2, -0.15) is 0 Å². The van der Waals surface area contributed by atoms with Crippen LogP contribution in [0.3, 0.4) is 0 Å². The number of fused-ring (bicyclic) bond motifs is 1. The highest BCUT2D eigenvalue weighted by atomic mass is 79.9. The van der Waals surface area contributed by atoms with Crippen molar-refractivity contribution in [3.8, 4) is 0 Å². The maximum atomic E-state index is 13.7. The number of nitrogens with one attached hydrogen (secondary N) is 1. The van der Waals surface area contributed by atoms with Gasteiger partial charge in [0.1, 0.15) is 6.04 Å². The van der Waals surface area contributed by atoms with Gasteiger partial charge in [-0.25, -0.2) is 10.3 Å². The van der Waals surface area contributed by atoms with Crippen molar-refractivity contribution >= 4 is 45.0 Å². The van der Waals surface area contributed by atoms with E-state index in [1.807, 2.05) is 68.4 Å². The van der Waals surface area contributed by atoms with Gasteiger partial charge in [0.15, 0.2) is 0 Å². The van der Waals surface area contributed by atoms with Crippen LogP contribution in [0.1, 0.15) is 27.5 Å². The number of carbonyl (C=O) groups is 3. The Morgan fingerprint density at radius 3 is 2.26 bits per heavy atom. The summed E-state index contributed by atoms with van der Waals surface area (Å²) in [7, 11) is 3.91. The van der Waals surface area contributed by atoms with Crippen molar-refractivity contribution in [3.05, 3.63) is 94.0 Å². The van der Waals surface area contributed by atoms with E-state index in [2.05, 4.69) is 21.4 Å². The highest BCUT2D eigenvalue weighted by Crippen LogP contribution is 2.42. The molecule has 2 aliphatic rings. The number of anilines is 2. The minimum absolute atomic E-state index is 0.317. The third-order valence-corrected chi connectivity index (χ3v) is 7.08. The molecule has 1 N–H and O–H groups in total. The number of imide groups is 1. The summed E-state index contributed by atoms with van der Waals surface area (Å²) in [6.45, 7) is 1.95. The van der Waals surface area contributed by atoms with Gasteiger partial charge in [-0.05, 0) is 55.0 Å². The number of halogens is 1. The first-order chi connectivity index (χ1) is 16.8. The molecular formula is C27H25BrN4O3. The molecule has 0 aromatic heterocycles. The molecule has 2 aliphatic heterocycles. The lowest BCUT2D eigenvalue weighted by atomic mass is 9.90. The summed E-state index contributed by atoms with van der Waals surface area (Å²) in [5.41, 5.74) is 7.01. The molecule has 3 aromatic carbocycles. The van der Waals surface area contributed by atoms with Crippen molar-refractivity contribution in [3.63, 3.8) is 0 Å². The van der Waals surface area contributed by atoms with Gasteiger partial charge in [-0.1, -0.05) is 51.8 Å². The molecule has 0 saturated carbocycles. The third kappa shape index (κ3) is 4.02. The zero-order valence-corrected chi connectivity index (χ0v) is 21.2. The fraction of sp³-hybridized carbons (Fsp3) is 0.222. The van der Waals surface area contributed by atoms with E-state index in [4.69, 9.17) is 0 Å². The smallest absolute Gasteiger partial charge is 0.268 e. The molecule has 8 heteroatoms. The molecule has 0 radical (unpaired) electrons. The lowest BCUT2D eigenvalue weighted by molar-refractivity contribution is -0.123. The van der Waals surface area contributed by atoms with Crippen LogP contribution >= 0.6 is 15.9 Å². The van der Waals surface area contributed by atoms with Gasteiger partial charge >= 0.3 is 0 Å². The normalized spacial score (nSPS) is 21.4.